The second kappa shape index (κ2) is 6.77. The lowest BCUT2D eigenvalue weighted by molar-refractivity contribution is 0.630. The van der Waals surface area contributed by atoms with Crippen LogP contribution in [0.4, 0.5) is 4.39 Å². The lowest BCUT2D eigenvalue weighted by Gasteiger charge is -2.15. The first-order chi connectivity index (χ1) is 12.9. The summed E-state index contributed by atoms with van der Waals surface area (Å²) in [4.78, 5) is 4.71. The van der Waals surface area contributed by atoms with Gasteiger partial charge in [0.05, 0.1) is 5.69 Å². The Balaban J connectivity index is 2.02. The first-order valence-corrected chi connectivity index (χ1v) is 9.56. The molecule has 0 saturated carbocycles. The molecule has 0 aliphatic rings. The summed E-state index contributed by atoms with van der Waals surface area (Å²) >= 11 is 0. The predicted molar refractivity (Wildman–Crippen MR) is 113 cm³/mol. The van der Waals surface area contributed by atoms with Crippen LogP contribution in [0.2, 0.25) is 0 Å². The summed E-state index contributed by atoms with van der Waals surface area (Å²) in [5.41, 5.74) is 4.73. The van der Waals surface area contributed by atoms with E-state index in [-0.39, 0.29) is 5.82 Å². The molecule has 0 bridgehead atoms. The van der Waals surface area contributed by atoms with E-state index < -0.39 is 0 Å². The molecule has 0 amide bonds. The fourth-order valence-electron chi connectivity index (χ4n) is 3.67. The Hall–Kier alpha value is -2.74. The maximum absolute atomic E-state index is 13.9. The molecular weight excluding hydrogens is 333 g/mol. The number of fused-ring (bicyclic) bond motifs is 3. The summed E-state index contributed by atoms with van der Waals surface area (Å²) in [6, 6.07) is 17.9. The van der Waals surface area contributed by atoms with Gasteiger partial charge in [0.1, 0.15) is 5.82 Å². The summed E-state index contributed by atoms with van der Waals surface area (Å²) in [7, 11) is 0. The van der Waals surface area contributed by atoms with E-state index in [1.807, 2.05) is 18.3 Å². The van der Waals surface area contributed by atoms with E-state index in [9.17, 15) is 4.39 Å². The number of benzene rings is 3. The maximum Gasteiger partial charge on any atom is 0.123 e. The van der Waals surface area contributed by atoms with Crippen molar-refractivity contribution in [3.63, 3.8) is 0 Å². The van der Waals surface area contributed by atoms with E-state index in [0.29, 0.717) is 11.8 Å². The Kier molecular flexibility index (Phi) is 4.43. The van der Waals surface area contributed by atoms with E-state index in [2.05, 4.69) is 58.0 Å². The fraction of sp³-hybridized carbons (Fsp3) is 0.240. The smallest absolute Gasteiger partial charge is 0.123 e. The third kappa shape index (κ3) is 3.21. The number of rotatable bonds is 3. The zero-order valence-corrected chi connectivity index (χ0v) is 16.3. The molecule has 4 rings (SSSR count). The quantitative estimate of drug-likeness (QED) is 0.347. The van der Waals surface area contributed by atoms with Crippen LogP contribution in [0.5, 0.6) is 0 Å². The van der Waals surface area contributed by atoms with Crippen molar-refractivity contribution in [1.29, 1.82) is 0 Å². The molecule has 0 N–H and O–H groups in total. The third-order valence-electron chi connectivity index (χ3n) is 5.31. The molecule has 2 heteroatoms. The van der Waals surface area contributed by atoms with E-state index >= 15 is 0 Å². The lowest BCUT2D eigenvalue weighted by Crippen LogP contribution is -1.96. The van der Waals surface area contributed by atoms with Crippen LogP contribution in [0.1, 0.15) is 50.7 Å². The predicted octanol–water partition coefficient (Wildman–Crippen LogP) is 7.44. The van der Waals surface area contributed by atoms with Gasteiger partial charge in [-0.05, 0) is 69.5 Å². The van der Waals surface area contributed by atoms with E-state index in [1.54, 1.807) is 6.07 Å². The summed E-state index contributed by atoms with van der Waals surface area (Å²) < 4.78 is 13.9. The maximum atomic E-state index is 13.9. The zero-order valence-electron chi connectivity index (χ0n) is 16.3. The van der Waals surface area contributed by atoms with Crippen LogP contribution in [0.3, 0.4) is 0 Å². The third-order valence-corrected chi connectivity index (χ3v) is 5.31. The monoisotopic (exact) mass is 357 g/mol. The minimum Gasteiger partial charge on any atom is -0.256 e. The number of hydrogen-bond acceptors (Lipinski definition) is 1. The molecule has 1 heterocycles. The lowest BCUT2D eigenvalue weighted by atomic mass is 9.90. The van der Waals surface area contributed by atoms with Gasteiger partial charge >= 0.3 is 0 Å². The van der Waals surface area contributed by atoms with Crippen LogP contribution in [-0.4, -0.2) is 4.98 Å². The highest BCUT2D eigenvalue weighted by Crippen LogP contribution is 2.34. The minimum absolute atomic E-state index is 0.211. The van der Waals surface area contributed by atoms with Crippen LogP contribution < -0.4 is 0 Å². The Bertz CT molecular complexity index is 1120. The van der Waals surface area contributed by atoms with Crippen molar-refractivity contribution >= 4 is 21.5 Å². The first-order valence-electron chi connectivity index (χ1n) is 9.56. The average Bonchev–Trinajstić information content (AvgIpc) is 2.66. The van der Waals surface area contributed by atoms with Crippen molar-refractivity contribution in [2.75, 3.05) is 0 Å². The number of halogens is 1. The highest BCUT2D eigenvalue weighted by molar-refractivity contribution is 6.11. The van der Waals surface area contributed by atoms with Gasteiger partial charge in [-0.25, -0.2) is 4.39 Å². The molecule has 0 unspecified atom stereocenters. The average molecular weight is 357 g/mol. The van der Waals surface area contributed by atoms with E-state index in [4.69, 9.17) is 4.98 Å². The van der Waals surface area contributed by atoms with Crippen LogP contribution in [-0.2, 0) is 0 Å². The van der Waals surface area contributed by atoms with Gasteiger partial charge in [0.15, 0.2) is 0 Å². The Morgan fingerprint density at radius 2 is 1.37 bits per heavy atom. The van der Waals surface area contributed by atoms with E-state index in [1.165, 1.54) is 17.2 Å². The molecule has 27 heavy (non-hydrogen) atoms. The standard InChI is InChI=1S/C25H24FN/c1-15(2)18-11-19(16(3)4)13-20(12-18)25-23-8-6-17-5-7-21(26)14-24(17)22(23)9-10-27-25/h5-16H,1-4H3. The fourth-order valence-corrected chi connectivity index (χ4v) is 3.67. The second-order valence-electron chi connectivity index (χ2n) is 7.88. The minimum atomic E-state index is -0.211. The molecule has 1 nitrogen and oxygen atoms in total. The van der Waals surface area contributed by atoms with Crippen molar-refractivity contribution in [2.45, 2.75) is 39.5 Å². The van der Waals surface area contributed by atoms with Gasteiger partial charge in [0, 0.05) is 17.1 Å². The SMILES string of the molecule is CC(C)c1cc(-c2nccc3c2ccc2ccc(F)cc23)cc(C(C)C)c1. The molecule has 3 aromatic carbocycles. The highest BCUT2D eigenvalue weighted by atomic mass is 19.1. The number of hydrogen-bond donors (Lipinski definition) is 0. The normalized spacial score (nSPS) is 11.8. The Labute approximate surface area is 159 Å². The van der Waals surface area contributed by atoms with Gasteiger partial charge < -0.3 is 0 Å². The Morgan fingerprint density at radius 3 is 2.04 bits per heavy atom. The highest BCUT2D eigenvalue weighted by Gasteiger charge is 2.13. The largest absolute Gasteiger partial charge is 0.256 e. The molecule has 0 aliphatic carbocycles. The zero-order chi connectivity index (χ0) is 19.1. The molecule has 0 atom stereocenters. The van der Waals surface area contributed by atoms with Crippen LogP contribution >= 0.6 is 0 Å². The van der Waals surface area contributed by atoms with Gasteiger partial charge in [-0.2, -0.15) is 0 Å². The van der Waals surface area contributed by atoms with Gasteiger partial charge in [0.25, 0.3) is 0 Å². The molecule has 0 aliphatic heterocycles. The first kappa shape index (κ1) is 17.7. The molecule has 0 radical (unpaired) electrons. The topological polar surface area (TPSA) is 12.9 Å². The van der Waals surface area contributed by atoms with Crippen molar-refractivity contribution in [3.8, 4) is 11.3 Å². The molecular formula is C25H24FN. The summed E-state index contributed by atoms with van der Waals surface area (Å²) in [6.07, 6.45) is 1.83. The summed E-state index contributed by atoms with van der Waals surface area (Å²) in [5, 5.41) is 4.07. The molecule has 4 aromatic rings. The summed E-state index contributed by atoms with van der Waals surface area (Å²) in [5.74, 6) is 0.692. The van der Waals surface area contributed by atoms with Crippen LogP contribution in [0, 0.1) is 5.82 Å². The molecule has 0 fully saturated rings. The molecule has 136 valence electrons. The van der Waals surface area contributed by atoms with Crippen molar-refractivity contribution in [2.24, 2.45) is 0 Å². The van der Waals surface area contributed by atoms with Crippen molar-refractivity contribution in [1.82, 2.24) is 4.98 Å². The summed E-state index contributed by atoms with van der Waals surface area (Å²) in [6.45, 7) is 8.87. The van der Waals surface area contributed by atoms with Crippen molar-refractivity contribution < 1.29 is 4.39 Å². The second-order valence-corrected chi connectivity index (χ2v) is 7.88. The van der Waals surface area contributed by atoms with Gasteiger partial charge in [-0.15, -0.1) is 0 Å². The van der Waals surface area contributed by atoms with Crippen LogP contribution in [0.15, 0.2) is 60.8 Å². The molecule has 0 saturated heterocycles. The van der Waals surface area contributed by atoms with Gasteiger partial charge in [-0.3, -0.25) is 4.98 Å². The number of nitrogens with zero attached hydrogens (tertiary/aromatic N) is 1. The van der Waals surface area contributed by atoms with Gasteiger partial charge in [-0.1, -0.05) is 52.0 Å². The molecule has 1 aromatic heterocycles. The number of pyridine rings is 1. The van der Waals surface area contributed by atoms with Gasteiger partial charge in [0.2, 0.25) is 0 Å². The van der Waals surface area contributed by atoms with Crippen molar-refractivity contribution in [3.05, 3.63) is 77.7 Å². The van der Waals surface area contributed by atoms with E-state index in [0.717, 1.165) is 32.8 Å². The number of aromatic nitrogens is 1. The van der Waals surface area contributed by atoms with Crippen LogP contribution in [0.25, 0.3) is 32.8 Å². The Morgan fingerprint density at radius 1 is 0.704 bits per heavy atom. The molecule has 0 spiro atoms.